The minimum Gasteiger partial charge on any atom is -0.456 e. The summed E-state index contributed by atoms with van der Waals surface area (Å²) in [7, 11) is 0. The van der Waals surface area contributed by atoms with Crippen LogP contribution in [0, 0.1) is 0 Å². The number of rotatable bonds is 5. The number of pyridine rings is 1. The maximum absolute atomic E-state index is 13.4. The lowest BCUT2D eigenvalue weighted by Crippen LogP contribution is -2.10. The molecular weight excluding hydrogens is 665 g/mol. The van der Waals surface area contributed by atoms with E-state index < -0.39 is 0 Å². The Labute approximate surface area is 309 Å². The number of fused-ring (bicyclic) bond motifs is 8. The molecule has 0 N–H and O–H groups in total. The number of hydrogen-bond acceptors (Lipinski definition) is 4. The summed E-state index contributed by atoms with van der Waals surface area (Å²) in [5.74, 6) is 0. The van der Waals surface area contributed by atoms with Gasteiger partial charge in [0.1, 0.15) is 22.3 Å². The van der Waals surface area contributed by atoms with Crippen LogP contribution in [0.3, 0.4) is 0 Å². The van der Waals surface area contributed by atoms with Gasteiger partial charge in [-0.2, -0.15) is 0 Å². The lowest BCUT2D eigenvalue weighted by atomic mass is 10.0. The van der Waals surface area contributed by atoms with Gasteiger partial charge in [-0.3, -0.25) is 4.79 Å². The van der Waals surface area contributed by atoms with Gasteiger partial charge in [-0.05, 0) is 96.1 Å². The third-order valence-electron chi connectivity index (χ3n) is 10.6. The van der Waals surface area contributed by atoms with E-state index in [1.807, 2.05) is 84.9 Å². The molecule has 0 aliphatic carbocycles. The van der Waals surface area contributed by atoms with E-state index in [0.29, 0.717) is 10.8 Å². The van der Waals surface area contributed by atoms with Gasteiger partial charge in [0.2, 0.25) is 0 Å². The maximum Gasteiger partial charge on any atom is 0.197 e. The molecule has 0 aliphatic heterocycles. The molecule has 0 saturated heterocycles. The van der Waals surface area contributed by atoms with Gasteiger partial charge in [-0.15, -0.1) is 0 Å². The Morgan fingerprint density at radius 2 is 0.852 bits per heavy atom. The largest absolute Gasteiger partial charge is 0.456 e. The van der Waals surface area contributed by atoms with Crippen molar-refractivity contribution in [2.45, 2.75) is 0 Å². The predicted molar refractivity (Wildman–Crippen MR) is 222 cm³/mol. The quantitative estimate of drug-likeness (QED) is 0.168. The fourth-order valence-electron chi connectivity index (χ4n) is 8.06. The fraction of sp³-hybridized carbons (Fsp3) is 0. The smallest absolute Gasteiger partial charge is 0.197 e. The zero-order chi connectivity index (χ0) is 35.8. The van der Waals surface area contributed by atoms with Crippen molar-refractivity contribution in [3.05, 3.63) is 192 Å². The van der Waals surface area contributed by atoms with E-state index in [9.17, 15) is 4.79 Å². The molecule has 5 heteroatoms. The van der Waals surface area contributed by atoms with Gasteiger partial charge < -0.3 is 18.3 Å². The second kappa shape index (κ2) is 11.8. The summed E-state index contributed by atoms with van der Waals surface area (Å²) in [6.45, 7) is 0. The van der Waals surface area contributed by atoms with Crippen LogP contribution in [0.5, 0.6) is 0 Å². The SMILES string of the molecule is O=c1c2ccccc2n(-c2cccc(-c3ccc(N(c4ccc5c(c4)oc4ccccc45)c4ccc5c(c4)oc4ccccc45)cc3)c2)c2ccccc12. The van der Waals surface area contributed by atoms with Crippen LogP contribution in [-0.4, -0.2) is 4.57 Å². The van der Waals surface area contributed by atoms with Gasteiger partial charge in [0.25, 0.3) is 0 Å². The first-order valence-electron chi connectivity index (χ1n) is 18.0. The van der Waals surface area contributed by atoms with Crippen molar-refractivity contribution in [2.24, 2.45) is 0 Å². The Hall–Kier alpha value is -7.37. The first kappa shape index (κ1) is 30.3. The molecule has 0 atom stereocenters. The number of hydrogen-bond donors (Lipinski definition) is 0. The Kier molecular flexibility index (Phi) is 6.64. The highest BCUT2D eigenvalue weighted by Gasteiger charge is 2.18. The molecule has 54 heavy (non-hydrogen) atoms. The first-order chi connectivity index (χ1) is 26.7. The van der Waals surface area contributed by atoms with Crippen LogP contribution in [0.4, 0.5) is 17.1 Å². The topological polar surface area (TPSA) is 51.5 Å². The molecule has 254 valence electrons. The molecule has 0 amide bonds. The van der Waals surface area contributed by atoms with Gasteiger partial charge in [-0.25, -0.2) is 0 Å². The molecule has 3 aromatic heterocycles. The molecule has 0 unspecified atom stereocenters. The van der Waals surface area contributed by atoms with Gasteiger partial charge >= 0.3 is 0 Å². The van der Waals surface area contributed by atoms with E-state index in [-0.39, 0.29) is 5.43 Å². The fourth-order valence-corrected chi connectivity index (χ4v) is 8.06. The van der Waals surface area contributed by atoms with Crippen LogP contribution in [-0.2, 0) is 0 Å². The standard InChI is InChI=1S/C49H30N2O3/c52-49-41-14-1-5-16-43(41)51(44-17-6-2-15-42(44)49)34-11-9-10-32(28-34)31-20-22-33(23-21-31)50(35-24-26-39-37-12-3-7-18-45(37)53-47(39)29-35)36-25-27-40-38-13-4-8-19-46(38)54-48(40)30-36/h1-30H. The zero-order valence-electron chi connectivity index (χ0n) is 28.9. The van der Waals surface area contributed by atoms with E-state index >= 15 is 0 Å². The van der Waals surface area contributed by atoms with Gasteiger partial charge in [-0.1, -0.05) is 84.9 Å². The molecule has 0 bridgehead atoms. The number of furan rings is 2. The Bertz CT molecular complexity index is 3140. The normalized spacial score (nSPS) is 11.8. The van der Waals surface area contributed by atoms with E-state index in [4.69, 9.17) is 8.83 Å². The van der Waals surface area contributed by atoms with Crippen molar-refractivity contribution >= 4 is 82.7 Å². The van der Waals surface area contributed by atoms with E-state index in [0.717, 1.165) is 88.8 Å². The van der Waals surface area contributed by atoms with E-state index in [1.165, 1.54) is 0 Å². The van der Waals surface area contributed by atoms with Crippen molar-refractivity contribution in [2.75, 3.05) is 4.90 Å². The molecule has 0 radical (unpaired) electrons. The summed E-state index contributed by atoms with van der Waals surface area (Å²) >= 11 is 0. The van der Waals surface area contributed by atoms with Crippen LogP contribution in [0.25, 0.3) is 82.5 Å². The lowest BCUT2D eigenvalue weighted by molar-refractivity contribution is 0.669. The molecule has 0 aliphatic rings. The minimum absolute atomic E-state index is 0.0488. The molecule has 0 spiro atoms. The van der Waals surface area contributed by atoms with Crippen molar-refractivity contribution in [3.63, 3.8) is 0 Å². The van der Waals surface area contributed by atoms with Crippen LogP contribution >= 0.6 is 0 Å². The molecule has 0 fully saturated rings. The van der Waals surface area contributed by atoms with Gasteiger partial charge in [0.05, 0.1) is 11.0 Å². The van der Waals surface area contributed by atoms with Crippen LogP contribution in [0.15, 0.2) is 196 Å². The number of anilines is 3. The van der Waals surface area contributed by atoms with Crippen molar-refractivity contribution in [3.8, 4) is 16.8 Å². The summed E-state index contributed by atoms with van der Waals surface area (Å²) in [4.78, 5) is 15.7. The number of para-hydroxylation sites is 4. The van der Waals surface area contributed by atoms with Crippen LogP contribution in [0.2, 0.25) is 0 Å². The lowest BCUT2D eigenvalue weighted by Gasteiger charge is -2.25. The van der Waals surface area contributed by atoms with Gasteiger partial charge in [0.15, 0.2) is 5.43 Å². The molecule has 8 aromatic carbocycles. The van der Waals surface area contributed by atoms with Crippen molar-refractivity contribution in [1.29, 1.82) is 0 Å². The summed E-state index contributed by atoms with van der Waals surface area (Å²) < 4.78 is 14.9. The highest BCUT2D eigenvalue weighted by molar-refractivity contribution is 6.08. The Morgan fingerprint density at radius 1 is 0.370 bits per heavy atom. The summed E-state index contributed by atoms with van der Waals surface area (Å²) in [6, 6.07) is 62.0. The number of aromatic nitrogens is 1. The molecular formula is C49H30N2O3. The molecule has 11 aromatic rings. The number of nitrogens with zero attached hydrogens (tertiary/aromatic N) is 2. The maximum atomic E-state index is 13.4. The van der Waals surface area contributed by atoms with Crippen molar-refractivity contribution in [1.82, 2.24) is 4.57 Å². The molecule has 3 heterocycles. The summed E-state index contributed by atoms with van der Waals surface area (Å²) in [5.41, 5.74) is 11.3. The highest BCUT2D eigenvalue weighted by atomic mass is 16.3. The second-order valence-corrected chi connectivity index (χ2v) is 13.7. The molecule has 5 nitrogen and oxygen atoms in total. The highest BCUT2D eigenvalue weighted by Crippen LogP contribution is 2.41. The van der Waals surface area contributed by atoms with Crippen molar-refractivity contribution < 1.29 is 8.83 Å². The Morgan fingerprint density at radius 3 is 1.43 bits per heavy atom. The van der Waals surface area contributed by atoms with E-state index in [2.05, 4.69) is 107 Å². The van der Waals surface area contributed by atoms with Gasteiger partial charge in [0, 0.05) is 67.2 Å². The third kappa shape index (κ3) is 4.69. The summed E-state index contributed by atoms with van der Waals surface area (Å²) in [5, 5.41) is 5.77. The Balaban J connectivity index is 1.04. The molecule has 11 rings (SSSR count). The van der Waals surface area contributed by atoms with Crippen LogP contribution in [0.1, 0.15) is 0 Å². The third-order valence-corrected chi connectivity index (χ3v) is 10.6. The predicted octanol–water partition coefficient (Wildman–Crippen LogP) is 13.1. The first-order valence-corrected chi connectivity index (χ1v) is 18.0. The summed E-state index contributed by atoms with van der Waals surface area (Å²) in [6.07, 6.45) is 0. The zero-order valence-corrected chi connectivity index (χ0v) is 28.9. The van der Waals surface area contributed by atoms with E-state index in [1.54, 1.807) is 0 Å². The second-order valence-electron chi connectivity index (χ2n) is 13.7. The van der Waals surface area contributed by atoms with Crippen LogP contribution < -0.4 is 10.3 Å². The monoisotopic (exact) mass is 694 g/mol. The average molecular weight is 695 g/mol. The number of benzene rings is 8. The minimum atomic E-state index is 0.0488. The average Bonchev–Trinajstić information content (AvgIpc) is 3.79. The molecule has 0 saturated carbocycles.